The van der Waals surface area contributed by atoms with E-state index in [1.807, 2.05) is 0 Å². The van der Waals surface area contributed by atoms with E-state index in [9.17, 15) is 28.8 Å². The lowest BCUT2D eigenvalue weighted by atomic mass is 10.1. The standard InChI is InChI=1S/C8H5NO2.2C4H4O4/c10-7-5-3-1-2-4-6(5)8(11)9-7;2*5-3(6)1-2-4(7)8/h1-4H,(H,9,10,11);2*1-2H,(H,5,6)(H,7,8)/b;2*2-1+. The molecule has 2 amide bonds. The van der Waals surface area contributed by atoms with Gasteiger partial charge < -0.3 is 20.4 Å². The van der Waals surface area contributed by atoms with Crippen molar-refractivity contribution in [3.05, 3.63) is 59.7 Å². The molecule has 142 valence electrons. The highest BCUT2D eigenvalue weighted by molar-refractivity contribution is 6.21. The number of aliphatic carboxylic acids is 4. The zero-order valence-corrected chi connectivity index (χ0v) is 13.4. The molecular weight excluding hydrogens is 366 g/mol. The summed E-state index contributed by atoms with van der Waals surface area (Å²) < 4.78 is 0. The Bertz CT molecular complexity index is 723. The number of fused-ring (bicyclic) bond motifs is 1. The molecule has 0 bridgehead atoms. The van der Waals surface area contributed by atoms with Gasteiger partial charge >= 0.3 is 23.9 Å². The number of carbonyl (C=O) groups is 6. The molecule has 0 fully saturated rings. The number of carboxylic acids is 4. The molecule has 1 aromatic rings. The van der Waals surface area contributed by atoms with E-state index >= 15 is 0 Å². The van der Waals surface area contributed by atoms with Gasteiger partial charge in [-0.1, -0.05) is 12.1 Å². The molecule has 0 radical (unpaired) electrons. The van der Waals surface area contributed by atoms with Crippen molar-refractivity contribution in [2.75, 3.05) is 0 Å². The molecule has 1 heterocycles. The van der Waals surface area contributed by atoms with E-state index < -0.39 is 23.9 Å². The zero-order chi connectivity index (χ0) is 21.0. The van der Waals surface area contributed by atoms with Crippen LogP contribution in [-0.4, -0.2) is 56.1 Å². The maximum atomic E-state index is 10.9. The van der Waals surface area contributed by atoms with Crippen LogP contribution in [0, 0.1) is 0 Å². The molecule has 2 rings (SSSR count). The summed E-state index contributed by atoms with van der Waals surface area (Å²) in [4.78, 5) is 60.1. The van der Waals surface area contributed by atoms with Crippen molar-refractivity contribution in [2.24, 2.45) is 0 Å². The summed E-state index contributed by atoms with van der Waals surface area (Å²) in [6.45, 7) is 0. The molecule has 0 atom stereocenters. The predicted molar refractivity (Wildman–Crippen MR) is 87.1 cm³/mol. The zero-order valence-electron chi connectivity index (χ0n) is 13.4. The molecule has 0 aromatic heterocycles. The van der Waals surface area contributed by atoms with E-state index in [2.05, 4.69) is 5.32 Å². The summed E-state index contributed by atoms with van der Waals surface area (Å²) in [6.07, 6.45) is 2.23. The van der Waals surface area contributed by atoms with Gasteiger partial charge in [-0.2, -0.15) is 0 Å². The molecule has 11 heteroatoms. The van der Waals surface area contributed by atoms with E-state index in [0.29, 0.717) is 35.4 Å². The minimum absolute atomic E-state index is 0.300. The number of carbonyl (C=O) groups excluding carboxylic acids is 2. The van der Waals surface area contributed by atoms with Crippen molar-refractivity contribution in [1.82, 2.24) is 5.32 Å². The molecule has 11 nitrogen and oxygen atoms in total. The molecule has 1 aliphatic heterocycles. The molecule has 27 heavy (non-hydrogen) atoms. The van der Waals surface area contributed by atoms with Gasteiger partial charge in [0.25, 0.3) is 11.8 Å². The fourth-order valence-corrected chi connectivity index (χ4v) is 1.40. The number of amides is 2. The Morgan fingerprint density at radius 3 is 1.11 bits per heavy atom. The number of carboxylic acid groups (broad SMARTS) is 4. The van der Waals surface area contributed by atoms with E-state index in [4.69, 9.17) is 20.4 Å². The van der Waals surface area contributed by atoms with E-state index in [1.165, 1.54) is 0 Å². The van der Waals surface area contributed by atoms with Crippen molar-refractivity contribution in [2.45, 2.75) is 0 Å². The lowest BCUT2D eigenvalue weighted by Crippen LogP contribution is -2.19. The highest BCUT2D eigenvalue weighted by atomic mass is 16.4. The molecule has 0 saturated carbocycles. The average Bonchev–Trinajstić information content (AvgIpc) is 2.87. The third kappa shape index (κ3) is 10.2. The second-order valence-electron chi connectivity index (χ2n) is 4.35. The summed E-state index contributed by atoms with van der Waals surface area (Å²) in [5.74, 6) is -5.63. The maximum Gasteiger partial charge on any atom is 0.328 e. The monoisotopic (exact) mass is 379 g/mol. The molecular formula is C16H13NO10. The number of hydrogen-bond acceptors (Lipinski definition) is 6. The first kappa shape index (κ1) is 22.7. The smallest absolute Gasteiger partial charge is 0.328 e. The molecule has 5 N–H and O–H groups in total. The van der Waals surface area contributed by atoms with E-state index in [-0.39, 0.29) is 11.8 Å². The van der Waals surface area contributed by atoms with Crippen LogP contribution in [0.25, 0.3) is 0 Å². The Hall–Kier alpha value is -4.28. The van der Waals surface area contributed by atoms with Gasteiger partial charge in [0, 0.05) is 24.3 Å². The molecule has 1 aromatic carbocycles. The number of benzene rings is 1. The first-order valence-electron chi connectivity index (χ1n) is 6.77. The third-order valence-electron chi connectivity index (χ3n) is 2.38. The van der Waals surface area contributed by atoms with E-state index in [0.717, 1.165) is 0 Å². The lowest BCUT2D eigenvalue weighted by Gasteiger charge is -1.88. The van der Waals surface area contributed by atoms with Crippen molar-refractivity contribution >= 4 is 35.7 Å². The molecule has 0 aliphatic carbocycles. The first-order valence-corrected chi connectivity index (χ1v) is 6.77. The second-order valence-corrected chi connectivity index (χ2v) is 4.35. The van der Waals surface area contributed by atoms with Crippen LogP contribution < -0.4 is 5.32 Å². The normalized spacial score (nSPS) is 11.6. The van der Waals surface area contributed by atoms with Crippen LogP contribution in [0.1, 0.15) is 20.7 Å². The average molecular weight is 379 g/mol. The molecule has 0 unspecified atom stereocenters. The largest absolute Gasteiger partial charge is 0.478 e. The topological polar surface area (TPSA) is 195 Å². The van der Waals surface area contributed by atoms with Crippen molar-refractivity contribution in [3.63, 3.8) is 0 Å². The Balaban J connectivity index is 0.000000387. The van der Waals surface area contributed by atoms with Crippen LogP contribution in [0.4, 0.5) is 0 Å². The van der Waals surface area contributed by atoms with Gasteiger partial charge in [-0.15, -0.1) is 0 Å². The Kier molecular flexibility index (Phi) is 9.51. The van der Waals surface area contributed by atoms with E-state index in [1.54, 1.807) is 24.3 Å². The van der Waals surface area contributed by atoms with Gasteiger partial charge in [0.15, 0.2) is 0 Å². The minimum atomic E-state index is -1.26. The van der Waals surface area contributed by atoms with Gasteiger partial charge in [0.2, 0.25) is 0 Å². The van der Waals surface area contributed by atoms with Gasteiger partial charge in [0.05, 0.1) is 11.1 Å². The van der Waals surface area contributed by atoms with Crippen LogP contribution >= 0.6 is 0 Å². The SMILES string of the molecule is O=C(O)/C=C/C(=O)O.O=C(O)/C=C/C(=O)O.O=C1NC(=O)c2ccccc21. The third-order valence-corrected chi connectivity index (χ3v) is 2.38. The van der Waals surface area contributed by atoms with Crippen molar-refractivity contribution in [1.29, 1.82) is 0 Å². The minimum Gasteiger partial charge on any atom is -0.478 e. The van der Waals surface area contributed by atoms with Gasteiger partial charge in [0.1, 0.15) is 0 Å². The van der Waals surface area contributed by atoms with Crippen LogP contribution in [0.15, 0.2) is 48.6 Å². The van der Waals surface area contributed by atoms with Gasteiger partial charge in [-0.25, -0.2) is 19.2 Å². The van der Waals surface area contributed by atoms with Crippen LogP contribution in [0.3, 0.4) is 0 Å². The maximum absolute atomic E-state index is 10.9. The van der Waals surface area contributed by atoms with Gasteiger partial charge in [-0.05, 0) is 12.1 Å². The van der Waals surface area contributed by atoms with Crippen LogP contribution in [0.5, 0.6) is 0 Å². The molecule has 1 aliphatic rings. The quantitative estimate of drug-likeness (QED) is 0.350. The fraction of sp³-hybridized carbons (Fsp3) is 0. The van der Waals surface area contributed by atoms with Crippen molar-refractivity contribution < 1.29 is 49.2 Å². The predicted octanol–water partition coefficient (Wildman–Crippen LogP) is -0.00620. The molecule has 0 saturated heterocycles. The number of hydrogen-bond donors (Lipinski definition) is 5. The highest BCUT2D eigenvalue weighted by Gasteiger charge is 2.25. The van der Waals surface area contributed by atoms with Crippen LogP contribution in [-0.2, 0) is 19.2 Å². The highest BCUT2D eigenvalue weighted by Crippen LogP contribution is 2.13. The first-order chi connectivity index (χ1) is 12.5. The summed E-state index contributed by atoms with van der Waals surface area (Å²) in [7, 11) is 0. The molecule has 0 spiro atoms. The number of nitrogens with one attached hydrogen (secondary N) is 1. The van der Waals surface area contributed by atoms with Crippen molar-refractivity contribution in [3.8, 4) is 0 Å². The van der Waals surface area contributed by atoms with Gasteiger partial charge in [-0.3, -0.25) is 14.9 Å². The Labute approximate surface area is 150 Å². The lowest BCUT2D eigenvalue weighted by molar-refractivity contribution is -0.134. The number of rotatable bonds is 4. The Morgan fingerprint density at radius 2 is 0.889 bits per heavy atom. The van der Waals surface area contributed by atoms with Crippen LogP contribution in [0.2, 0.25) is 0 Å². The summed E-state index contributed by atoms with van der Waals surface area (Å²) in [6, 6.07) is 6.74. The summed E-state index contributed by atoms with van der Waals surface area (Å²) in [5, 5.41) is 33.5. The summed E-state index contributed by atoms with van der Waals surface area (Å²) in [5.41, 5.74) is 0.940. The Morgan fingerprint density at radius 1 is 0.630 bits per heavy atom. The summed E-state index contributed by atoms with van der Waals surface area (Å²) >= 11 is 0. The second kappa shape index (κ2) is 11.3. The number of imide groups is 1. The fourth-order valence-electron chi connectivity index (χ4n) is 1.40.